The number of hydrogen-bond acceptors (Lipinski definition) is 1. The second-order valence-electron chi connectivity index (χ2n) is 8.69. The van der Waals surface area contributed by atoms with Gasteiger partial charge in [-0.15, -0.1) is 0 Å². The van der Waals surface area contributed by atoms with Crippen molar-refractivity contribution in [1.82, 2.24) is 0 Å². The summed E-state index contributed by atoms with van der Waals surface area (Å²) in [6, 6.07) is 8.82. The maximum absolute atomic E-state index is 6.89. The summed E-state index contributed by atoms with van der Waals surface area (Å²) in [5.41, 5.74) is 3.07. The van der Waals surface area contributed by atoms with Crippen LogP contribution in [0.25, 0.3) is 6.08 Å². The molecule has 0 aliphatic heterocycles. The summed E-state index contributed by atoms with van der Waals surface area (Å²) in [4.78, 5) is 2.45. The number of aryl methyl sites for hydroxylation is 1. The van der Waals surface area contributed by atoms with Crippen LogP contribution < -0.4 is 0 Å². The predicted octanol–water partition coefficient (Wildman–Crippen LogP) is 3.89. The Labute approximate surface area is 129 Å². The van der Waals surface area contributed by atoms with Crippen LogP contribution in [-0.2, 0) is 3.76 Å². The van der Waals surface area contributed by atoms with Crippen molar-refractivity contribution in [3.63, 3.8) is 0 Å². The first-order chi connectivity index (χ1) is 10.0. The second-order valence-corrected chi connectivity index (χ2v) is 16.5. The third kappa shape index (κ3) is 1.04. The Morgan fingerprint density at radius 2 is 1.52 bits per heavy atom. The van der Waals surface area contributed by atoms with E-state index in [1.807, 2.05) is 0 Å². The van der Waals surface area contributed by atoms with Gasteiger partial charge in [-0.1, -0.05) is 0 Å². The van der Waals surface area contributed by atoms with Gasteiger partial charge in [0.2, 0.25) is 0 Å². The molecule has 0 bridgehead atoms. The number of rotatable bonds is 4. The molecule has 6 saturated carbocycles. The summed E-state index contributed by atoms with van der Waals surface area (Å²) in [6.45, 7) is 2.14. The minimum absolute atomic E-state index is 0.426. The summed E-state index contributed by atoms with van der Waals surface area (Å²) in [5, 5.41) is 0. The minimum atomic E-state index is -2.23. The summed E-state index contributed by atoms with van der Waals surface area (Å²) < 4.78 is 6.89. The van der Waals surface area contributed by atoms with E-state index in [0.717, 1.165) is 35.5 Å². The van der Waals surface area contributed by atoms with E-state index in [0.29, 0.717) is 5.60 Å². The molecular formula is C19H22GeO. The van der Waals surface area contributed by atoms with Crippen molar-refractivity contribution in [2.75, 3.05) is 0 Å². The van der Waals surface area contributed by atoms with Gasteiger partial charge < -0.3 is 0 Å². The van der Waals surface area contributed by atoms with E-state index < -0.39 is 13.6 Å². The molecule has 6 aliphatic rings. The molecule has 21 heavy (non-hydrogen) atoms. The first-order valence-corrected chi connectivity index (χ1v) is 14.8. The van der Waals surface area contributed by atoms with Crippen molar-refractivity contribution in [3.8, 4) is 0 Å². The normalized spacial score (nSPS) is 53.2. The molecule has 0 aromatic heterocycles. The van der Waals surface area contributed by atoms with Crippen LogP contribution in [0.2, 0.25) is 11.5 Å². The molecule has 1 nitrogen and oxygen atoms in total. The molecule has 1 aromatic carbocycles. The first-order valence-electron chi connectivity index (χ1n) is 8.51. The van der Waals surface area contributed by atoms with E-state index in [4.69, 9.17) is 3.76 Å². The molecule has 108 valence electrons. The Kier molecular flexibility index (Phi) is 1.83. The Morgan fingerprint density at radius 3 is 2.10 bits per heavy atom. The van der Waals surface area contributed by atoms with Crippen molar-refractivity contribution in [1.29, 1.82) is 0 Å². The molecule has 0 spiro atoms. The second kappa shape index (κ2) is 3.21. The Hall–Kier alpha value is -0.537. The van der Waals surface area contributed by atoms with Crippen molar-refractivity contribution < 1.29 is 3.76 Å². The Morgan fingerprint density at radius 1 is 0.952 bits per heavy atom. The van der Waals surface area contributed by atoms with Crippen LogP contribution in [0.4, 0.5) is 0 Å². The molecule has 0 amide bonds. The summed E-state index contributed by atoms with van der Waals surface area (Å²) in [7, 11) is 0. The molecule has 7 rings (SSSR count). The molecular weight excluding hydrogens is 317 g/mol. The molecule has 1 aromatic rings. The van der Waals surface area contributed by atoms with E-state index >= 15 is 0 Å². The van der Waals surface area contributed by atoms with E-state index in [1.54, 1.807) is 0 Å². The van der Waals surface area contributed by atoms with Crippen LogP contribution in [0.3, 0.4) is 0 Å². The average molecular weight is 339 g/mol. The van der Waals surface area contributed by atoms with Gasteiger partial charge in [-0.25, -0.2) is 0 Å². The van der Waals surface area contributed by atoms with Crippen molar-refractivity contribution >= 4 is 19.7 Å². The maximum atomic E-state index is 6.89. The molecule has 0 unspecified atom stereocenters. The van der Waals surface area contributed by atoms with Crippen LogP contribution in [0, 0.1) is 48.3 Å². The molecule has 6 fully saturated rings. The van der Waals surface area contributed by atoms with Gasteiger partial charge >= 0.3 is 129 Å². The van der Waals surface area contributed by atoms with Gasteiger partial charge in [0.1, 0.15) is 0 Å². The van der Waals surface area contributed by atoms with Crippen LogP contribution in [0.1, 0.15) is 11.1 Å². The van der Waals surface area contributed by atoms with E-state index in [-0.39, 0.29) is 0 Å². The zero-order chi connectivity index (χ0) is 14.1. The Balaban J connectivity index is 1.21. The third-order valence-corrected chi connectivity index (χ3v) is 11.5. The van der Waals surface area contributed by atoms with Crippen molar-refractivity contribution in [2.45, 2.75) is 24.0 Å². The predicted molar refractivity (Wildman–Crippen MR) is 85.9 cm³/mol. The van der Waals surface area contributed by atoms with Crippen LogP contribution in [-0.4, -0.2) is 19.2 Å². The standard InChI is InChI=1S/C19H22GeO/c1-10-4-6-11(7-5-10)8-9-20(2,3)21-19-16-13-12-14(16)18(19)15(12)17(13)19/h4-9,12-18H,1-3H3/b9-8+. The molecule has 0 N–H and O–H groups in total. The zero-order valence-corrected chi connectivity index (χ0v) is 15.0. The fourth-order valence-corrected chi connectivity index (χ4v) is 11.2. The number of benzene rings is 1. The van der Waals surface area contributed by atoms with Gasteiger partial charge in [-0.2, -0.15) is 0 Å². The Bertz CT molecular complexity index is 635. The summed E-state index contributed by atoms with van der Waals surface area (Å²) >= 11 is -2.23. The molecule has 6 aliphatic carbocycles. The molecule has 2 heteroatoms. The van der Waals surface area contributed by atoms with Crippen LogP contribution in [0.15, 0.2) is 29.2 Å². The fourth-order valence-electron chi connectivity index (χ4n) is 6.99. The molecule has 0 saturated heterocycles. The first kappa shape index (κ1) is 12.0. The van der Waals surface area contributed by atoms with E-state index in [9.17, 15) is 0 Å². The van der Waals surface area contributed by atoms with Gasteiger partial charge in [0.05, 0.1) is 0 Å². The average Bonchev–Trinajstić information content (AvgIpc) is 2.47. The fraction of sp³-hybridized carbons (Fsp3) is 0.579. The van der Waals surface area contributed by atoms with Gasteiger partial charge in [0.15, 0.2) is 0 Å². The van der Waals surface area contributed by atoms with Crippen LogP contribution in [0.5, 0.6) is 0 Å². The number of hydrogen-bond donors (Lipinski definition) is 0. The van der Waals surface area contributed by atoms with Gasteiger partial charge in [0, 0.05) is 0 Å². The molecule has 0 radical (unpaired) electrons. The van der Waals surface area contributed by atoms with E-state index in [1.165, 1.54) is 17.0 Å². The summed E-state index contributed by atoms with van der Waals surface area (Å²) in [6.07, 6.45) is 2.31. The zero-order valence-electron chi connectivity index (χ0n) is 12.9. The summed E-state index contributed by atoms with van der Waals surface area (Å²) in [5.74, 6) is 12.5. The topological polar surface area (TPSA) is 9.23 Å². The van der Waals surface area contributed by atoms with Gasteiger partial charge in [-0.3, -0.25) is 0 Å². The molecule has 0 atom stereocenters. The SMILES string of the molecule is Cc1ccc(/C=[CH]/[Ge]([CH3])([CH3])[O]C23C4C5C6C4C2C6C53)cc1. The van der Waals surface area contributed by atoms with Gasteiger partial charge in [-0.05, 0) is 0 Å². The van der Waals surface area contributed by atoms with E-state index in [2.05, 4.69) is 53.7 Å². The van der Waals surface area contributed by atoms with Crippen molar-refractivity contribution in [2.24, 2.45) is 41.4 Å². The monoisotopic (exact) mass is 340 g/mol. The van der Waals surface area contributed by atoms with Gasteiger partial charge in [0.25, 0.3) is 0 Å². The van der Waals surface area contributed by atoms with Crippen LogP contribution >= 0.6 is 0 Å². The van der Waals surface area contributed by atoms with Crippen molar-refractivity contribution in [3.05, 3.63) is 40.3 Å². The third-order valence-electron chi connectivity index (χ3n) is 7.58. The molecule has 0 heterocycles. The quantitative estimate of drug-likeness (QED) is 0.757.